The van der Waals surface area contributed by atoms with Crippen molar-refractivity contribution in [3.05, 3.63) is 34.3 Å². The number of hydrogen-bond donors (Lipinski definition) is 0. The summed E-state index contributed by atoms with van der Waals surface area (Å²) in [6.07, 6.45) is -0.0633. The Hall–Kier alpha value is -1.94. The Morgan fingerprint density at radius 3 is 2.86 bits per heavy atom. The lowest BCUT2D eigenvalue weighted by molar-refractivity contribution is -0.129. The number of hydrogen-bond acceptors (Lipinski definition) is 3. The molecule has 0 unspecified atom stereocenters. The third-order valence-electron chi connectivity index (χ3n) is 3.13. The fourth-order valence-corrected chi connectivity index (χ4v) is 2.78. The van der Waals surface area contributed by atoms with E-state index in [1.807, 2.05) is 6.07 Å². The Morgan fingerprint density at radius 2 is 2.23 bits per heavy atom. The first-order valence-corrected chi connectivity index (χ1v) is 7.40. The largest absolute Gasteiger partial charge is 0.479 e. The second kappa shape index (κ2) is 7.36. The maximum atomic E-state index is 12.7. The van der Waals surface area contributed by atoms with E-state index in [1.165, 1.54) is 0 Å². The summed E-state index contributed by atoms with van der Waals surface area (Å²) in [5.74, 6) is 0.176. The lowest BCUT2D eigenvalue weighted by atomic mass is 10.0. The Morgan fingerprint density at radius 1 is 1.45 bits per heavy atom. The van der Waals surface area contributed by atoms with Crippen molar-refractivity contribution in [1.29, 1.82) is 5.26 Å². The molecule has 0 radical (unpaired) electrons. The molecule has 1 aliphatic rings. The molecule has 1 aromatic rings. The first-order chi connectivity index (χ1) is 10.5. The number of allylic oxidation sites excluding steroid dienone is 1. The van der Waals surface area contributed by atoms with Crippen LogP contribution in [0.4, 0.5) is 8.78 Å². The zero-order valence-corrected chi connectivity index (χ0v) is 13.1. The van der Waals surface area contributed by atoms with E-state index in [9.17, 15) is 13.6 Å². The van der Waals surface area contributed by atoms with Crippen molar-refractivity contribution < 1.29 is 18.3 Å². The lowest BCUT2D eigenvalue weighted by Gasteiger charge is -2.29. The van der Waals surface area contributed by atoms with Crippen molar-refractivity contribution in [2.24, 2.45) is 0 Å². The van der Waals surface area contributed by atoms with E-state index in [2.05, 4.69) is 15.9 Å². The summed E-state index contributed by atoms with van der Waals surface area (Å²) in [6.45, 7) is -0.700. The van der Waals surface area contributed by atoms with Gasteiger partial charge in [-0.15, -0.1) is 0 Å². The zero-order valence-electron chi connectivity index (χ0n) is 11.6. The molecule has 1 heterocycles. The number of carbonyl (C=O) groups excluding carboxylic acids is 1. The summed E-state index contributed by atoms with van der Waals surface area (Å²) in [5.41, 5.74) is 1.10. The summed E-state index contributed by atoms with van der Waals surface area (Å²) in [4.78, 5) is 13.0. The maximum Gasteiger partial charge on any atom is 0.256 e. The Kier molecular flexibility index (Phi) is 5.50. The standard InChI is InChI=1S/C15H13BrF2N2O2/c16-12-8-10(22-7-6-19)4-5-11(12)13-2-1-3-15(21)20(13)9-14(17)18/h2,4-5,8,14H,1,3,7,9H2. The van der Waals surface area contributed by atoms with Crippen LogP contribution in [0.5, 0.6) is 5.75 Å². The van der Waals surface area contributed by atoms with Crippen LogP contribution in [0, 0.1) is 11.3 Å². The topological polar surface area (TPSA) is 53.3 Å². The van der Waals surface area contributed by atoms with Gasteiger partial charge in [0.2, 0.25) is 5.91 Å². The van der Waals surface area contributed by atoms with E-state index in [1.54, 1.807) is 24.3 Å². The zero-order chi connectivity index (χ0) is 16.1. The van der Waals surface area contributed by atoms with Crippen LogP contribution in [0.2, 0.25) is 0 Å². The second-order valence-corrected chi connectivity index (χ2v) is 5.47. The van der Waals surface area contributed by atoms with Crippen molar-refractivity contribution in [2.45, 2.75) is 19.3 Å². The van der Waals surface area contributed by atoms with Gasteiger partial charge in [0.05, 0.1) is 6.54 Å². The van der Waals surface area contributed by atoms with E-state index in [0.717, 1.165) is 4.90 Å². The van der Waals surface area contributed by atoms with Crippen LogP contribution >= 0.6 is 15.9 Å². The van der Waals surface area contributed by atoms with Crippen LogP contribution < -0.4 is 4.74 Å². The van der Waals surface area contributed by atoms with Gasteiger partial charge < -0.3 is 9.64 Å². The molecule has 2 rings (SSSR count). The maximum absolute atomic E-state index is 12.7. The number of nitrogens with zero attached hydrogens (tertiary/aromatic N) is 2. The predicted molar refractivity (Wildman–Crippen MR) is 80.2 cm³/mol. The summed E-state index contributed by atoms with van der Waals surface area (Å²) in [6, 6.07) is 6.83. The Balaban J connectivity index is 2.30. The molecule has 0 saturated heterocycles. The number of ether oxygens (including phenoxy) is 1. The fourth-order valence-electron chi connectivity index (χ4n) is 2.21. The van der Waals surface area contributed by atoms with Gasteiger partial charge in [-0.2, -0.15) is 5.26 Å². The van der Waals surface area contributed by atoms with Crippen LogP contribution in [0.3, 0.4) is 0 Å². The fraction of sp³-hybridized carbons (Fsp3) is 0.333. The minimum atomic E-state index is -2.59. The van der Waals surface area contributed by atoms with Gasteiger partial charge in [-0.25, -0.2) is 8.78 Å². The highest BCUT2D eigenvalue weighted by Crippen LogP contribution is 2.33. The average molecular weight is 371 g/mol. The van der Waals surface area contributed by atoms with Gasteiger partial charge in [-0.3, -0.25) is 4.79 Å². The van der Waals surface area contributed by atoms with E-state index < -0.39 is 13.0 Å². The van der Waals surface area contributed by atoms with E-state index in [4.69, 9.17) is 10.00 Å². The van der Waals surface area contributed by atoms with Gasteiger partial charge >= 0.3 is 0 Å². The summed E-state index contributed by atoms with van der Waals surface area (Å²) in [5, 5.41) is 8.49. The molecule has 4 nitrogen and oxygen atoms in total. The summed E-state index contributed by atoms with van der Waals surface area (Å²) < 4.78 is 31.2. The smallest absolute Gasteiger partial charge is 0.256 e. The number of nitriles is 1. The molecule has 0 N–H and O–H groups in total. The number of halogens is 3. The minimum Gasteiger partial charge on any atom is -0.479 e. The highest BCUT2D eigenvalue weighted by Gasteiger charge is 2.26. The van der Waals surface area contributed by atoms with Crippen LogP contribution in [0.15, 0.2) is 28.7 Å². The highest BCUT2D eigenvalue weighted by molar-refractivity contribution is 9.10. The van der Waals surface area contributed by atoms with Crippen LogP contribution in [0.25, 0.3) is 5.70 Å². The second-order valence-electron chi connectivity index (χ2n) is 4.61. The van der Waals surface area contributed by atoms with Crippen molar-refractivity contribution in [3.63, 3.8) is 0 Å². The van der Waals surface area contributed by atoms with Crippen molar-refractivity contribution >= 4 is 27.5 Å². The van der Waals surface area contributed by atoms with Gasteiger partial charge in [0.25, 0.3) is 6.43 Å². The highest BCUT2D eigenvalue weighted by atomic mass is 79.9. The Bertz CT molecular complexity index is 641. The van der Waals surface area contributed by atoms with Crippen LogP contribution in [-0.4, -0.2) is 30.4 Å². The Labute approximate surface area is 135 Å². The molecule has 1 aliphatic heterocycles. The van der Waals surface area contributed by atoms with E-state index in [-0.39, 0.29) is 18.9 Å². The average Bonchev–Trinajstić information content (AvgIpc) is 2.47. The molecule has 1 amide bonds. The number of alkyl halides is 2. The molecule has 0 aromatic heterocycles. The lowest BCUT2D eigenvalue weighted by Crippen LogP contribution is -2.35. The quantitative estimate of drug-likeness (QED) is 0.795. The summed E-state index contributed by atoms with van der Waals surface area (Å²) in [7, 11) is 0. The monoisotopic (exact) mass is 370 g/mol. The van der Waals surface area contributed by atoms with Gasteiger partial charge in [-0.1, -0.05) is 6.08 Å². The third-order valence-corrected chi connectivity index (χ3v) is 3.78. The molecule has 1 aromatic carbocycles. The van der Waals surface area contributed by atoms with Gasteiger partial charge in [0.1, 0.15) is 11.8 Å². The number of benzene rings is 1. The first-order valence-electron chi connectivity index (χ1n) is 6.61. The third kappa shape index (κ3) is 3.83. The predicted octanol–water partition coefficient (Wildman–Crippen LogP) is 3.58. The minimum absolute atomic E-state index is 0.0789. The molecule has 0 bridgehead atoms. The number of carbonyl (C=O) groups is 1. The normalized spacial score (nSPS) is 14.8. The number of amides is 1. The van der Waals surface area contributed by atoms with Gasteiger partial charge in [-0.05, 0) is 40.5 Å². The van der Waals surface area contributed by atoms with Gasteiger partial charge in [0.15, 0.2) is 6.61 Å². The number of rotatable bonds is 5. The molecule has 116 valence electrons. The first kappa shape index (κ1) is 16.4. The molecule has 22 heavy (non-hydrogen) atoms. The van der Waals surface area contributed by atoms with Crippen LogP contribution in [-0.2, 0) is 4.79 Å². The molecule has 0 aliphatic carbocycles. The van der Waals surface area contributed by atoms with E-state index >= 15 is 0 Å². The summed E-state index contributed by atoms with van der Waals surface area (Å²) >= 11 is 3.36. The molecule has 7 heteroatoms. The van der Waals surface area contributed by atoms with Crippen molar-refractivity contribution in [3.8, 4) is 11.8 Å². The molecular formula is C15H13BrF2N2O2. The van der Waals surface area contributed by atoms with Crippen molar-refractivity contribution in [2.75, 3.05) is 13.2 Å². The SMILES string of the molecule is N#CCOc1ccc(C2=CCCC(=O)N2CC(F)F)c(Br)c1. The van der Waals surface area contributed by atoms with Crippen LogP contribution in [0.1, 0.15) is 18.4 Å². The molecule has 0 atom stereocenters. The van der Waals surface area contributed by atoms with E-state index in [0.29, 0.717) is 27.9 Å². The molecule has 0 saturated carbocycles. The molecule has 0 fully saturated rings. The molecular weight excluding hydrogens is 358 g/mol. The van der Waals surface area contributed by atoms with Crippen molar-refractivity contribution in [1.82, 2.24) is 4.90 Å². The van der Waals surface area contributed by atoms with Gasteiger partial charge in [0, 0.05) is 22.2 Å². The molecule has 0 spiro atoms.